The van der Waals surface area contributed by atoms with E-state index in [0.717, 1.165) is 51.5 Å². The van der Waals surface area contributed by atoms with Crippen molar-refractivity contribution in [3.8, 4) is 89.5 Å². The van der Waals surface area contributed by atoms with E-state index in [2.05, 4.69) is 260 Å². The van der Waals surface area contributed by atoms with Gasteiger partial charge in [-0.1, -0.05) is 189 Å². The van der Waals surface area contributed by atoms with Crippen LogP contribution in [0.15, 0.2) is 237 Å². The molecule has 0 saturated heterocycles. The third-order valence-corrected chi connectivity index (χ3v) is 15.2. The molecule has 8 aromatic carbocycles. The minimum Gasteiger partial charge on any atom is -0.305 e. The van der Waals surface area contributed by atoms with Gasteiger partial charge in [0.2, 0.25) is 0 Å². The largest absolute Gasteiger partial charge is 0.305 e. The van der Waals surface area contributed by atoms with Crippen molar-refractivity contribution in [2.24, 2.45) is 0 Å². The summed E-state index contributed by atoms with van der Waals surface area (Å²) in [5.41, 5.74) is 29.6. The smallest absolute Gasteiger partial charge is 0.0163 e. The molecule has 0 aliphatic heterocycles. The average Bonchev–Trinajstić information content (AvgIpc) is 2.73. The first-order valence-electron chi connectivity index (χ1n) is 29.8. The average molecular weight is 1890 g/mol. The molecule has 90 heavy (non-hydrogen) atoms. The van der Waals surface area contributed by atoms with Crippen molar-refractivity contribution in [3.05, 3.63) is 311 Å². The number of nitrogens with zero attached hydrogens (tertiary/aromatic N) is 4. The zero-order chi connectivity index (χ0) is 60.5. The second-order valence-corrected chi connectivity index (χ2v) is 22.7. The van der Waals surface area contributed by atoms with E-state index in [1.54, 1.807) is 0 Å². The first kappa shape index (κ1) is 73.7. The van der Waals surface area contributed by atoms with Crippen molar-refractivity contribution in [1.29, 1.82) is 0 Å². The van der Waals surface area contributed by atoms with Crippen LogP contribution in [-0.2, 0) is 86.8 Å². The Morgan fingerprint density at radius 2 is 0.711 bits per heavy atom. The second-order valence-electron chi connectivity index (χ2n) is 22.7. The quantitative estimate of drug-likeness (QED) is 0.121. The molecule has 0 atom stereocenters. The SMILES string of the molecule is CC(C)c1cc(-c2cc[c-]c(-c3ccccn3)c2)cc(C(C)C)c1.CCc1ccnc(-c2[c-]ccc(-c3ccccc3)c2)c1.Cc1cc(C)cc(-c2cc[c-]c(-c3ccccn3)c2)c1.Cc1cc(C)cc(-c2cc[c-]c(-c3nccc(C)c3C)c2)c1.[Ir].[Ir].[Ir].[Ir]. The van der Waals surface area contributed by atoms with Gasteiger partial charge in [-0.3, -0.25) is 0 Å². The fraction of sp³-hybridized carbons (Fsp3) is 0.171. The van der Waals surface area contributed by atoms with Gasteiger partial charge >= 0.3 is 0 Å². The monoisotopic (exact) mass is 1890 g/mol. The number of benzene rings is 8. The van der Waals surface area contributed by atoms with E-state index in [4.69, 9.17) is 0 Å². The van der Waals surface area contributed by atoms with Gasteiger partial charge in [-0.15, -0.1) is 142 Å². The summed E-state index contributed by atoms with van der Waals surface area (Å²) in [6, 6.07) is 87.0. The maximum absolute atomic E-state index is 4.55. The molecule has 4 radical (unpaired) electrons. The van der Waals surface area contributed by atoms with Crippen LogP contribution >= 0.6 is 0 Å². The Hall–Kier alpha value is -7.04. The van der Waals surface area contributed by atoms with E-state index in [9.17, 15) is 0 Å². The molecule has 464 valence electrons. The topological polar surface area (TPSA) is 51.6 Å². The maximum Gasteiger partial charge on any atom is 0.0163 e. The third kappa shape index (κ3) is 20.5. The predicted octanol–water partition coefficient (Wildman–Crippen LogP) is 21.5. The van der Waals surface area contributed by atoms with Gasteiger partial charge in [0.1, 0.15) is 0 Å². The standard InChI is InChI=1S/C23H24N.C21H20N.2C19H16N.4Ir/c1-16(2)20-13-21(17(3)4)15-22(14-20)18-8-7-9-19(12-18)23-10-5-6-11-24-23;1-14-10-15(2)12-20(11-14)18-6-5-7-19(13-18)21-17(4)16(3)8-9-22-21;1-14-10-15(2)12-18(11-14)16-6-5-7-17(13-16)19-8-3-4-9-20-19;1-2-15-11-12-20-19(13-15)18-10-6-9-17(14-18)16-7-4-3-5-8-16;;;;/h5-8,10-17H,1-4H3;5-6,8-13H,1-4H3;3-6,8-13H,1-2H3;3-9,11-14H,2H2,1H3;;;;/q4*-1;;;;. The molecule has 4 heterocycles. The Morgan fingerprint density at radius 3 is 1.14 bits per heavy atom. The maximum atomic E-state index is 4.55. The summed E-state index contributed by atoms with van der Waals surface area (Å²) >= 11 is 0. The number of hydrogen-bond acceptors (Lipinski definition) is 4. The first-order valence-corrected chi connectivity index (χ1v) is 29.8. The van der Waals surface area contributed by atoms with Crippen molar-refractivity contribution in [2.75, 3.05) is 0 Å². The molecule has 12 rings (SSSR count). The van der Waals surface area contributed by atoms with Crippen LogP contribution < -0.4 is 0 Å². The number of aryl methyl sites for hydroxylation is 6. The Balaban J connectivity index is 0.000000215. The number of pyridine rings is 4. The number of hydrogen-bond donors (Lipinski definition) is 0. The van der Waals surface area contributed by atoms with Crippen molar-refractivity contribution < 1.29 is 80.4 Å². The van der Waals surface area contributed by atoms with Gasteiger partial charge < -0.3 is 19.9 Å². The van der Waals surface area contributed by atoms with E-state index in [1.807, 2.05) is 97.6 Å². The molecule has 4 aromatic heterocycles. The molecule has 0 spiro atoms. The van der Waals surface area contributed by atoms with Crippen LogP contribution in [0.5, 0.6) is 0 Å². The minimum atomic E-state index is 0. The first-order chi connectivity index (χ1) is 41.7. The molecule has 8 heteroatoms. The van der Waals surface area contributed by atoms with E-state index in [1.165, 1.54) is 94.6 Å². The third-order valence-electron chi connectivity index (χ3n) is 15.2. The molecule has 0 aliphatic rings. The molecule has 0 fully saturated rings. The van der Waals surface area contributed by atoms with Gasteiger partial charge in [-0.25, -0.2) is 0 Å². The fourth-order valence-corrected chi connectivity index (χ4v) is 10.4. The van der Waals surface area contributed by atoms with Crippen LogP contribution in [0, 0.1) is 65.8 Å². The molecular formula is C82H76Ir4N4-4. The molecule has 0 unspecified atom stereocenters. The zero-order valence-corrected chi connectivity index (χ0v) is 62.6. The van der Waals surface area contributed by atoms with Crippen molar-refractivity contribution in [3.63, 3.8) is 0 Å². The molecule has 4 nitrogen and oxygen atoms in total. The van der Waals surface area contributed by atoms with Crippen LogP contribution in [0.25, 0.3) is 89.5 Å². The Kier molecular flexibility index (Phi) is 29.6. The number of aromatic nitrogens is 4. The van der Waals surface area contributed by atoms with Crippen LogP contribution in [-0.4, -0.2) is 19.9 Å². The zero-order valence-electron chi connectivity index (χ0n) is 53.0. The summed E-state index contributed by atoms with van der Waals surface area (Å²) in [7, 11) is 0. The molecule has 0 saturated carbocycles. The van der Waals surface area contributed by atoms with E-state index >= 15 is 0 Å². The van der Waals surface area contributed by atoms with Gasteiger partial charge in [0.05, 0.1) is 0 Å². The van der Waals surface area contributed by atoms with Crippen LogP contribution in [0.4, 0.5) is 0 Å². The second kappa shape index (κ2) is 36.1. The van der Waals surface area contributed by atoms with Crippen molar-refractivity contribution >= 4 is 0 Å². The van der Waals surface area contributed by atoms with Gasteiger partial charge in [0.25, 0.3) is 0 Å². The fourth-order valence-electron chi connectivity index (χ4n) is 10.4. The molecule has 12 aromatic rings. The summed E-state index contributed by atoms with van der Waals surface area (Å²) in [5, 5.41) is 0. The Morgan fingerprint density at radius 1 is 0.322 bits per heavy atom. The Labute approximate surface area is 590 Å². The normalized spacial score (nSPS) is 10.3. The summed E-state index contributed by atoms with van der Waals surface area (Å²) in [5.74, 6) is 1.04. The molecule has 0 aliphatic carbocycles. The predicted molar refractivity (Wildman–Crippen MR) is 362 cm³/mol. The molecule has 0 N–H and O–H groups in total. The van der Waals surface area contributed by atoms with Crippen LogP contribution in [0.2, 0.25) is 0 Å². The summed E-state index contributed by atoms with van der Waals surface area (Å²) < 4.78 is 0. The van der Waals surface area contributed by atoms with E-state index in [0.29, 0.717) is 11.8 Å². The van der Waals surface area contributed by atoms with Gasteiger partial charge in [0, 0.05) is 105 Å². The molecule has 0 amide bonds. The van der Waals surface area contributed by atoms with Crippen LogP contribution in [0.3, 0.4) is 0 Å². The van der Waals surface area contributed by atoms with Gasteiger partial charge in [-0.2, -0.15) is 0 Å². The van der Waals surface area contributed by atoms with Gasteiger partial charge in [0.15, 0.2) is 0 Å². The van der Waals surface area contributed by atoms with Gasteiger partial charge in [-0.05, 0) is 140 Å². The van der Waals surface area contributed by atoms with Crippen LogP contribution in [0.1, 0.15) is 96.5 Å². The van der Waals surface area contributed by atoms with Crippen molar-refractivity contribution in [1.82, 2.24) is 19.9 Å². The summed E-state index contributed by atoms with van der Waals surface area (Å²) in [6.45, 7) is 23.9. The van der Waals surface area contributed by atoms with E-state index < -0.39 is 0 Å². The number of rotatable bonds is 11. The minimum absolute atomic E-state index is 0. The summed E-state index contributed by atoms with van der Waals surface area (Å²) in [4.78, 5) is 17.8. The van der Waals surface area contributed by atoms with E-state index in [-0.39, 0.29) is 80.4 Å². The van der Waals surface area contributed by atoms with Crippen molar-refractivity contribution in [2.45, 2.75) is 94.4 Å². The molecule has 0 bridgehead atoms. The molecular weight excluding hydrogens is 1810 g/mol. The summed E-state index contributed by atoms with van der Waals surface area (Å²) in [6.07, 6.45) is 8.40. The Bertz CT molecular complexity index is 4120.